The molecule has 0 aliphatic carbocycles. The van der Waals surface area contributed by atoms with E-state index in [4.69, 9.17) is 0 Å². The van der Waals surface area contributed by atoms with E-state index in [1.165, 1.54) is 13.3 Å². The number of hydrogen-bond donors (Lipinski definition) is 1. The van der Waals surface area contributed by atoms with Crippen molar-refractivity contribution in [3.8, 4) is 0 Å². The van der Waals surface area contributed by atoms with Crippen molar-refractivity contribution in [2.75, 3.05) is 7.11 Å². The molecule has 0 bridgehead atoms. The lowest BCUT2D eigenvalue weighted by atomic mass is 10.1. The summed E-state index contributed by atoms with van der Waals surface area (Å²) >= 11 is 3.22. The fraction of sp³-hybridized carbons (Fsp3) is 0.333. The Balaban J connectivity index is 2.69. The van der Waals surface area contributed by atoms with Gasteiger partial charge in [0.05, 0.1) is 19.6 Å². The number of esters is 1. The number of rotatable bonds is 3. The van der Waals surface area contributed by atoms with Crippen LogP contribution < -0.4 is 0 Å². The van der Waals surface area contributed by atoms with Crippen LogP contribution in [0.2, 0.25) is 0 Å². The predicted octanol–water partition coefficient (Wildman–Crippen LogP) is 1.44. The first-order valence-electron chi connectivity index (χ1n) is 3.99. The SMILES string of the molecule is COC(=O)CC(O)c1cncc(Br)c1. The van der Waals surface area contributed by atoms with Crippen LogP contribution in [0.3, 0.4) is 0 Å². The predicted molar refractivity (Wildman–Crippen MR) is 53.5 cm³/mol. The van der Waals surface area contributed by atoms with Crippen molar-refractivity contribution in [3.05, 3.63) is 28.5 Å². The van der Waals surface area contributed by atoms with Gasteiger partial charge in [0.2, 0.25) is 0 Å². The van der Waals surface area contributed by atoms with Gasteiger partial charge in [0.15, 0.2) is 0 Å². The third-order valence-electron chi connectivity index (χ3n) is 1.70. The highest BCUT2D eigenvalue weighted by Crippen LogP contribution is 2.19. The fourth-order valence-electron chi connectivity index (χ4n) is 0.970. The summed E-state index contributed by atoms with van der Waals surface area (Å²) in [5.74, 6) is -0.447. The molecule has 1 aromatic heterocycles. The number of aliphatic hydroxyl groups is 1. The van der Waals surface area contributed by atoms with Crippen LogP contribution in [-0.4, -0.2) is 23.2 Å². The molecular formula is C9H10BrNO3. The van der Waals surface area contributed by atoms with E-state index in [0.717, 1.165) is 4.47 Å². The molecular weight excluding hydrogens is 250 g/mol. The molecule has 0 fully saturated rings. The summed E-state index contributed by atoms with van der Waals surface area (Å²) in [7, 11) is 1.29. The van der Waals surface area contributed by atoms with Crippen LogP contribution in [-0.2, 0) is 9.53 Å². The number of halogens is 1. The van der Waals surface area contributed by atoms with Crippen molar-refractivity contribution in [2.24, 2.45) is 0 Å². The number of nitrogens with zero attached hydrogens (tertiary/aromatic N) is 1. The normalized spacial score (nSPS) is 12.2. The number of carbonyl (C=O) groups is 1. The number of ether oxygens (including phenoxy) is 1. The van der Waals surface area contributed by atoms with Crippen LogP contribution in [0.5, 0.6) is 0 Å². The molecule has 0 saturated heterocycles. The summed E-state index contributed by atoms with van der Waals surface area (Å²) in [4.78, 5) is 14.7. The van der Waals surface area contributed by atoms with E-state index in [1.54, 1.807) is 12.3 Å². The molecule has 0 spiro atoms. The van der Waals surface area contributed by atoms with Gasteiger partial charge in [0, 0.05) is 22.4 Å². The summed E-state index contributed by atoms with van der Waals surface area (Å²) in [5.41, 5.74) is 0.588. The third-order valence-corrected chi connectivity index (χ3v) is 2.13. The Kier molecular flexibility index (Phi) is 4.03. The van der Waals surface area contributed by atoms with E-state index < -0.39 is 12.1 Å². The molecule has 14 heavy (non-hydrogen) atoms. The molecule has 0 saturated carbocycles. The van der Waals surface area contributed by atoms with E-state index in [0.29, 0.717) is 5.56 Å². The van der Waals surface area contributed by atoms with Gasteiger partial charge in [-0.2, -0.15) is 0 Å². The molecule has 1 atom stereocenters. The van der Waals surface area contributed by atoms with E-state index >= 15 is 0 Å². The first kappa shape index (κ1) is 11.1. The lowest BCUT2D eigenvalue weighted by Gasteiger charge is -2.08. The average molecular weight is 260 g/mol. The first-order valence-corrected chi connectivity index (χ1v) is 4.78. The van der Waals surface area contributed by atoms with Crippen LogP contribution in [0.15, 0.2) is 22.9 Å². The summed E-state index contributed by atoms with van der Waals surface area (Å²) in [6.07, 6.45) is 2.19. The van der Waals surface area contributed by atoms with Crippen LogP contribution in [0.25, 0.3) is 0 Å². The first-order chi connectivity index (χ1) is 6.63. The number of methoxy groups -OCH3 is 1. The largest absolute Gasteiger partial charge is 0.469 e. The summed E-state index contributed by atoms with van der Waals surface area (Å²) in [6, 6.07) is 1.71. The minimum absolute atomic E-state index is 0.0609. The zero-order valence-corrected chi connectivity index (χ0v) is 9.19. The van der Waals surface area contributed by atoms with Gasteiger partial charge >= 0.3 is 5.97 Å². The van der Waals surface area contributed by atoms with Crippen LogP contribution in [0.4, 0.5) is 0 Å². The van der Waals surface area contributed by atoms with E-state index in [1.807, 2.05) is 0 Å². The van der Waals surface area contributed by atoms with E-state index in [-0.39, 0.29) is 6.42 Å². The van der Waals surface area contributed by atoms with Gasteiger partial charge < -0.3 is 9.84 Å². The smallest absolute Gasteiger partial charge is 0.308 e. The van der Waals surface area contributed by atoms with Gasteiger partial charge in [-0.05, 0) is 22.0 Å². The zero-order valence-electron chi connectivity index (χ0n) is 7.61. The maximum absolute atomic E-state index is 10.9. The molecule has 5 heteroatoms. The molecule has 1 heterocycles. The van der Waals surface area contributed by atoms with E-state index in [2.05, 4.69) is 25.7 Å². The van der Waals surface area contributed by atoms with Crippen LogP contribution >= 0.6 is 15.9 Å². The van der Waals surface area contributed by atoms with Crippen LogP contribution in [0.1, 0.15) is 18.1 Å². The summed E-state index contributed by atoms with van der Waals surface area (Å²) < 4.78 is 5.20. The van der Waals surface area contributed by atoms with Gasteiger partial charge in [-0.3, -0.25) is 9.78 Å². The van der Waals surface area contributed by atoms with Gasteiger partial charge in [-0.15, -0.1) is 0 Å². The molecule has 1 N–H and O–H groups in total. The van der Waals surface area contributed by atoms with Gasteiger partial charge in [-0.25, -0.2) is 0 Å². The molecule has 1 rings (SSSR count). The van der Waals surface area contributed by atoms with Crippen molar-refractivity contribution in [2.45, 2.75) is 12.5 Å². The Bertz CT molecular complexity index is 330. The van der Waals surface area contributed by atoms with Gasteiger partial charge in [0.25, 0.3) is 0 Å². The minimum Gasteiger partial charge on any atom is -0.469 e. The topological polar surface area (TPSA) is 59.4 Å². The highest BCUT2D eigenvalue weighted by molar-refractivity contribution is 9.10. The van der Waals surface area contributed by atoms with Crippen LogP contribution in [0, 0.1) is 0 Å². The Morgan fingerprint density at radius 1 is 1.71 bits per heavy atom. The monoisotopic (exact) mass is 259 g/mol. The Hall–Kier alpha value is -0.940. The summed E-state index contributed by atoms with van der Waals surface area (Å²) in [5, 5.41) is 9.58. The number of pyridine rings is 1. The minimum atomic E-state index is -0.868. The zero-order chi connectivity index (χ0) is 10.6. The number of aromatic nitrogens is 1. The summed E-state index contributed by atoms with van der Waals surface area (Å²) in [6.45, 7) is 0. The molecule has 0 aliphatic heterocycles. The van der Waals surface area contributed by atoms with Crippen molar-refractivity contribution in [3.63, 3.8) is 0 Å². The lowest BCUT2D eigenvalue weighted by molar-refractivity contribution is -0.142. The Morgan fingerprint density at radius 3 is 3.00 bits per heavy atom. The number of aliphatic hydroxyl groups excluding tert-OH is 1. The van der Waals surface area contributed by atoms with Crippen molar-refractivity contribution in [1.29, 1.82) is 0 Å². The number of hydrogen-bond acceptors (Lipinski definition) is 4. The highest BCUT2D eigenvalue weighted by atomic mass is 79.9. The quantitative estimate of drug-likeness (QED) is 0.835. The third kappa shape index (κ3) is 3.08. The second-order valence-corrected chi connectivity index (χ2v) is 3.65. The molecule has 76 valence electrons. The van der Waals surface area contributed by atoms with Gasteiger partial charge in [0.1, 0.15) is 0 Å². The lowest BCUT2D eigenvalue weighted by Crippen LogP contribution is -2.08. The Labute approximate surface area is 90.0 Å². The van der Waals surface area contributed by atoms with Crippen molar-refractivity contribution >= 4 is 21.9 Å². The average Bonchev–Trinajstić information content (AvgIpc) is 2.17. The molecule has 1 aromatic rings. The highest BCUT2D eigenvalue weighted by Gasteiger charge is 2.13. The standard InChI is InChI=1S/C9H10BrNO3/c1-14-9(13)3-8(12)6-2-7(10)5-11-4-6/h2,4-5,8,12H,3H2,1H3. The molecule has 0 aromatic carbocycles. The molecule has 4 nitrogen and oxygen atoms in total. The molecule has 0 amide bonds. The van der Waals surface area contributed by atoms with Gasteiger partial charge in [-0.1, -0.05) is 0 Å². The molecule has 0 radical (unpaired) electrons. The Morgan fingerprint density at radius 2 is 2.43 bits per heavy atom. The van der Waals surface area contributed by atoms with Crippen molar-refractivity contribution in [1.82, 2.24) is 4.98 Å². The molecule has 1 unspecified atom stereocenters. The number of carbonyl (C=O) groups excluding carboxylic acids is 1. The molecule has 0 aliphatic rings. The second-order valence-electron chi connectivity index (χ2n) is 2.73. The van der Waals surface area contributed by atoms with E-state index in [9.17, 15) is 9.90 Å². The van der Waals surface area contributed by atoms with Crippen molar-refractivity contribution < 1.29 is 14.6 Å². The maximum atomic E-state index is 10.9. The second kappa shape index (κ2) is 5.07. The fourth-order valence-corrected chi connectivity index (χ4v) is 1.35. The maximum Gasteiger partial charge on any atom is 0.308 e.